The maximum absolute atomic E-state index is 12.9. The number of benzene rings is 1. The Morgan fingerprint density at radius 1 is 1.22 bits per heavy atom. The lowest BCUT2D eigenvalue weighted by Crippen LogP contribution is -3.13. The van der Waals surface area contributed by atoms with Crippen LogP contribution in [0.5, 0.6) is 0 Å². The SMILES string of the molecule is CCOC(=O)C1=C(C[NH+]2CCCCC2)NC(=O)N[C@H]1c1cc(C)ccc1C. The van der Waals surface area contributed by atoms with Crippen LogP contribution in [0.25, 0.3) is 0 Å². The Morgan fingerprint density at radius 2 is 1.96 bits per heavy atom. The van der Waals surface area contributed by atoms with Crippen LogP contribution in [0.2, 0.25) is 0 Å². The molecule has 2 heterocycles. The maximum Gasteiger partial charge on any atom is 0.338 e. The van der Waals surface area contributed by atoms with Gasteiger partial charge < -0.3 is 20.3 Å². The zero-order chi connectivity index (χ0) is 19.4. The summed E-state index contributed by atoms with van der Waals surface area (Å²) in [6.45, 7) is 8.89. The van der Waals surface area contributed by atoms with Gasteiger partial charge in [-0.15, -0.1) is 0 Å². The van der Waals surface area contributed by atoms with Crippen LogP contribution in [0, 0.1) is 13.8 Å². The highest BCUT2D eigenvalue weighted by molar-refractivity contribution is 5.95. The number of nitrogens with one attached hydrogen (secondary N) is 3. The molecule has 3 N–H and O–H groups in total. The third-order valence-electron chi connectivity index (χ3n) is 5.38. The van der Waals surface area contributed by atoms with Gasteiger partial charge in [-0.2, -0.15) is 0 Å². The van der Waals surface area contributed by atoms with Crippen molar-refractivity contribution in [3.8, 4) is 0 Å². The molecule has 0 bridgehead atoms. The Morgan fingerprint density at radius 3 is 2.67 bits per heavy atom. The number of ether oxygens (including phenoxy) is 1. The largest absolute Gasteiger partial charge is 0.463 e. The second-order valence-electron chi connectivity index (χ2n) is 7.49. The van der Waals surface area contributed by atoms with Gasteiger partial charge in [-0.25, -0.2) is 9.59 Å². The molecule has 1 aromatic carbocycles. The topological polar surface area (TPSA) is 71.9 Å². The number of carbonyl (C=O) groups excluding carboxylic acids is 2. The molecule has 0 unspecified atom stereocenters. The monoisotopic (exact) mass is 372 g/mol. The molecule has 1 atom stereocenters. The van der Waals surface area contributed by atoms with Crippen molar-refractivity contribution in [2.45, 2.75) is 46.1 Å². The first-order chi connectivity index (χ1) is 13.0. The van der Waals surface area contributed by atoms with Crippen molar-refractivity contribution in [2.75, 3.05) is 26.2 Å². The van der Waals surface area contributed by atoms with E-state index in [4.69, 9.17) is 4.74 Å². The van der Waals surface area contributed by atoms with Crippen LogP contribution in [0.15, 0.2) is 29.5 Å². The van der Waals surface area contributed by atoms with Crippen molar-refractivity contribution in [1.29, 1.82) is 0 Å². The molecule has 0 radical (unpaired) electrons. The predicted octanol–water partition coefficient (Wildman–Crippen LogP) is 1.54. The summed E-state index contributed by atoms with van der Waals surface area (Å²) in [4.78, 5) is 26.7. The van der Waals surface area contributed by atoms with E-state index in [1.54, 1.807) is 6.92 Å². The van der Waals surface area contributed by atoms with Gasteiger partial charge in [-0.05, 0) is 51.2 Å². The fourth-order valence-corrected chi connectivity index (χ4v) is 3.99. The minimum Gasteiger partial charge on any atom is -0.463 e. The standard InChI is InChI=1S/C21H29N3O3/c1-4-27-20(25)18-17(13-24-10-6-5-7-11-24)22-21(26)23-19(18)16-12-14(2)8-9-15(16)3/h8-9,12,19H,4-7,10-11,13H2,1-3H3,(H2,22,23,26)/p+1/t19-/m0/s1. The minimum absolute atomic E-state index is 0.264. The van der Waals surface area contributed by atoms with Gasteiger partial charge in [0.1, 0.15) is 6.54 Å². The number of quaternary nitrogens is 1. The van der Waals surface area contributed by atoms with E-state index in [0.717, 1.165) is 29.8 Å². The van der Waals surface area contributed by atoms with E-state index in [9.17, 15) is 9.59 Å². The summed E-state index contributed by atoms with van der Waals surface area (Å²) >= 11 is 0. The lowest BCUT2D eigenvalue weighted by molar-refractivity contribution is -0.900. The third kappa shape index (κ3) is 4.50. The number of urea groups is 1. The number of amides is 2. The van der Waals surface area contributed by atoms with E-state index in [2.05, 4.69) is 10.6 Å². The average molecular weight is 372 g/mol. The molecular formula is C21H30N3O3+. The van der Waals surface area contributed by atoms with E-state index in [0.29, 0.717) is 24.4 Å². The van der Waals surface area contributed by atoms with Gasteiger partial charge >= 0.3 is 12.0 Å². The molecule has 0 aliphatic carbocycles. The molecule has 6 heteroatoms. The number of aryl methyl sites for hydroxylation is 2. The Bertz CT molecular complexity index is 751. The summed E-state index contributed by atoms with van der Waals surface area (Å²) < 4.78 is 5.36. The molecular weight excluding hydrogens is 342 g/mol. The van der Waals surface area contributed by atoms with Crippen molar-refractivity contribution >= 4 is 12.0 Å². The Labute approximate surface area is 161 Å². The minimum atomic E-state index is -0.489. The van der Waals surface area contributed by atoms with Crippen molar-refractivity contribution in [3.63, 3.8) is 0 Å². The van der Waals surface area contributed by atoms with Crippen LogP contribution in [-0.4, -0.2) is 38.2 Å². The van der Waals surface area contributed by atoms with Crippen LogP contribution >= 0.6 is 0 Å². The van der Waals surface area contributed by atoms with Crippen LogP contribution < -0.4 is 15.5 Å². The zero-order valence-electron chi connectivity index (χ0n) is 16.5. The number of hydrogen-bond donors (Lipinski definition) is 3. The van der Waals surface area contributed by atoms with E-state index < -0.39 is 6.04 Å². The number of likely N-dealkylation sites (tertiary alicyclic amines) is 1. The highest BCUT2D eigenvalue weighted by Gasteiger charge is 2.36. The molecule has 2 amide bonds. The molecule has 1 fully saturated rings. The lowest BCUT2D eigenvalue weighted by Gasteiger charge is -2.32. The maximum atomic E-state index is 12.9. The number of esters is 1. The van der Waals surface area contributed by atoms with Crippen molar-refractivity contribution in [2.24, 2.45) is 0 Å². The van der Waals surface area contributed by atoms with E-state index in [1.807, 2.05) is 32.0 Å². The number of carbonyl (C=O) groups is 2. The van der Waals surface area contributed by atoms with Crippen LogP contribution in [0.4, 0.5) is 4.79 Å². The zero-order valence-corrected chi connectivity index (χ0v) is 16.5. The van der Waals surface area contributed by atoms with Gasteiger partial charge in [0.15, 0.2) is 0 Å². The summed E-state index contributed by atoms with van der Waals surface area (Å²) in [5, 5.41) is 5.83. The first-order valence-electron chi connectivity index (χ1n) is 9.88. The summed E-state index contributed by atoms with van der Waals surface area (Å²) in [6.07, 6.45) is 3.63. The Balaban J connectivity index is 2.03. The highest BCUT2D eigenvalue weighted by atomic mass is 16.5. The fraction of sp³-hybridized carbons (Fsp3) is 0.524. The molecule has 146 valence electrons. The molecule has 0 saturated carbocycles. The molecule has 2 aliphatic heterocycles. The Hall–Kier alpha value is -2.34. The smallest absolute Gasteiger partial charge is 0.338 e. The third-order valence-corrected chi connectivity index (χ3v) is 5.38. The van der Waals surface area contributed by atoms with Crippen LogP contribution in [0.1, 0.15) is 48.9 Å². The number of hydrogen-bond acceptors (Lipinski definition) is 3. The quantitative estimate of drug-likeness (QED) is 0.687. The second-order valence-corrected chi connectivity index (χ2v) is 7.49. The Kier molecular flexibility index (Phi) is 6.16. The molecule has 3 rings (SSSR count). The lowest BCUT2D eigenvalue weighted by atomic mass is 9.90. The van der Waals surface area contributed by atoms with Gasteiger partial charge in [0.05, 0.1) is 37.0 Å². The molecule has 0 aromatic heterocycles. The molecule has 27 heavy (non-hydrogen) atoms. The summed E-state index contributed by atoms with van der Waals surface area (Å²) in [5.74, 6) is -0.359. The number of rotatable bonds is 5. The summed E-state index contributed by atoms with van der Waals surface area (Å²) in [5.41, 5.74) is 4.30. The summed E-state index contributed by atoms with van der Waals surface area (Å²) in [6, 6.07) is 5.35. The number of piperidine rings is 1. The molecule has 6 nitrogen and oxygen atoms in total. The van der Waals surface area contributed by atoms with E-state index in [-0.39, 0.29) is 12.0 Å². The predicted molar refractivity (Wildman–Crippen MR) is 103 cm³/mol. The van der Waals surface area contributed by atoms with Gasteiger partial charge in [-0.3, -0.25) is 0 Å². The van der Waals surface area contributed by atoms with Gasteiger partial charge in [0, 0.05) is 0 Å². The van der Waals surface area contributed by atoms with Crippen LogP contribution in [0.3, 0.4) is 0 Å². The highest BCUT2D eigenvalue weighted by Crippen LogP contribution is 2.30. The van der Waals surface area contributed by atoms with Crippen molar-refractivity contribution in [1.82, 2.24) is 10.6 Å². The van der Waals surface area contributed by atoms with Crippen molar-refractivity contribution < 1.29 is 19.2 Å². The molecule has 2 aliphatic rings. The van der Waals surface area contributed by atoms with Crippen LogP contribution in [-0.2, 0) is 9.53 Å². The normalized spacial score (nSPS) is 20.9. The van der Waals surface area contributed by atoms with E-state index in [1.165, 1.54) is 24.2 Å². The average Bonchev–Trinajstić information content (AvgIpc) is 2.64. The van der Waals surface area contributed by atoms with E-state index >= 15 is 0 Å². The second kappa shape index (κ2) is 8.57. The van der Waals surface area contributed by atoms with Gasteiger partial charge in [0.25, 0.3) is 0 Å². The first-order valence-corrected chi connectivity index (χ1v) is 9.88. The fourth-order valence-electron chi connectivity index (χ4n) is 3.99. The summed E-state index contributed by atoms with van der Waals surface area (Å²) in [7, 11) is 0. The molecule has 0 spiro atoms. The molecule has 1 aromatic rings. The first kappa shape index (κ1) is 19.4. The van der Waals surface area contributed by atoms with Crippen molar-refractivity contribution in [3.05, 3.63) is 46.2 Å². The van der Waals surface area contributed by atoms with Gasteiger partial charge in [-0.1, -0.05) is 23.8 Å². The van der Waals surface area contributed by atoms with Gasteiger partial charge in [0.2, 0.25) is 0 Å². The molecule has 1 saturated heterocycles.